The number of carboxylic acid groups (broad SMARTS) is 2. The van der Waals surface area contributed by atoms with E-state index in [1.807, 2.05) is 6.07 Å². The van der Waals surface area contributed by atoms with E-state index in [9.17, 15) is 33.0 Å². The SMILES string of the molecule is Cc1cc(C(=O)O)ccc1-c1cccc2c(CCCOc3ccccc3C(F)(F)F)c(C(=O)O)[nH]c12. The van der Waals surface area contributed by atoms with Gasteiger partial charge in [-0.25, -0.2) is 9.59 Å². The Balaban J connectivity index is 1.62. The third-order valence-electron chi connectivity index (χ3n) is 5.94. The third kappa shape index (κ3) is 4.91. The minimum Gasteiger partial charge on any atom is -0.493 e. The van der Waals surface area contributed by atoms with E-state index in [1.54, 1.807) is 31.2 Å². The molecule has 1 heterocycles. The third-order valence-corrected chi connectivity index (χ3v) is 5.94. The molecule has 0 unspecified atom stereocenters. The predicted molar refractivity (Wildman–Crippen MR) is 128 cm³/mol. The summed E-state index contributed by atoms with van der Waals surface area (Å²) in [7, 11) is 0. The Morgan fingerprint density at radius 1 is 0.944 bits per heavy atom. The largest absolute Gasteiger partial charge is 0.493 e. The molecular formula is C27H22F3NO5. The minimum atomic E-state index is -4.54. The maximum absolute atomic E-state index is 13.2. The molecule has 0 aliphatic rings. The van der Waals surface area contributed by atoms with E-state index in [-0.39, 0.29) is 36.5 Å². The summed E-state index contributed by atoms with van der Waals surface area (Å²) in [5.41, 5.74) is 2.56. The zero-order valence-corrected chi connectivity index (χ0v) is 19.1. The minimum absolute atomic E-state index is 0.00653. The number of aromatic carboxylic acids is 2. The highest BCUT2D eigenvalue weighted by Gasteiger charge is 2.34. The Labute approximate surface area is 204 Å². The molecule has 3 N–H and O–H groups in total. The molecule has 0 aliphatic carbocycles. The first-order chi connectivity index (χ1) is 17.1. The molecule has 0 spiro atoms. The van der Waals surface area contributed by atoms with E-state index < -0.39 is 23.7 Å². The molecule has 186 valence electrons. The average Bonchev–Trinajstić information content (AvgIpc) is 3.20. The summed E-state index contributed by atoms with van der Waals surface area (Å²) in [6.45, 7) is 1.74. The number of aryl methyl sites for hydroxylation is 2. The lowest BCUT2D eigenvalue weighted by Crippen LogP contribution is -2.10. The number of benzene rings is 3. The molecule has 1 aromatic heterocycles. The number of H-pyrrole nitrogens is 1. The fraction of sp³-hybridized carbons (Fsp3) is 0.185. The molecule has 0 atom stereocenters. The van der Waals surface area contributed by atoms with Gasteiger partial charge in [-0.1, -0.05) is 36.4 Å². The standard InChI is InChI=1S/C27H22F3NO5/c1-15-14-16(25(32)33)11-12-17(15)18-6-4-7-19-20(24(26(34)35)31-23(18)19)8-5-13-36-22-10-3-2-9-21(22)27(28,29)30/h2-4,6-7,9-12,14,31H,5,8,13H2,1H3,(H,32,33)(H,34,35). The number of ether oxygens (including phenoxy) is 1. The molecule has 4 aromatic rings. The van der Waals surface area contributed by atoms with Gasteiger partial charge in [-0.3, -0.25) is 0 Å². The number of rotatable bonds is 8. The maximum Gasteiger partial charge on any atom is 0.419 e. The van der Waals surface area contributed by atoms with E-state index in [1.165, 1.54) is 24.3 Å². The molecule has 0 saturated carbocycles. The van der Waals surface area contributed by atoms with Gasteiger partial charge in [0.1, 0.15) is 11.4 Å². The number of carbonyl (C=O) groups is 2. The molecule has 0 saturated heterocycles. The van der Waals surface area contributed by atoms with Gasteiger partial charge < -0.3 is 19.9 Å². The van der Waals surface area contributed by atoms with Crippen LogP contribution in [0.4, 0.5) is 13.2 Å². The Morgan fingerprint density at radius 2 is 1.69 bits per heavy atom. The van der Waals surface area contributed by atoms with Crippen molar-refractivity contribution in [2.75, 3.05) is 6.61 Å². The summed E-state index contributed by atoms with van der Waals surface area (Å²) in [6.07, 6.45) is -3.99. The van der Waals surface area contributed by atoms with Crippen LogP contribution >= 0.6 is 0 Å². The Kier molecular flexibility index (Phi) is 6.74. The van der Waals surface area contributed by atoms with E-state index in [0.29, 0.717) is 27.6 Å². The van der Waals surface area contributed by atoms with Crippen molar-refractivity contribution in [3.05, 3.63) is 88.6 Å². The summed E-state index contributed by atoms with van der Waals surface area (Å²) in [5.74, 6) is -2.48. The highest BCUT2D eigenvalue weighted by molar-refractivity contribution is 6.03. The zero-order valence-electron chi connectivity index (χ0n) is 19.1. The first kappa shape index (κ1) is 24.8. The second-order valence-electron chi connectivity index (χ2n) is 8.29. The normalized spacial score (nSPS) is 11.6. The number of hydrogen-bond acceptors (Lipinski definition) is 3. The highest BCUT2D eigenvalue weighted by Crippen LogP contribution is 2.37. The molecule has 36 heavy (non-hydrogen) atoms. The molecule has 6 nitrogen and oxygen atoms in total. The molecule has 4 rings (SSSR count). The molecular weight excluding hydrogens is 475 g/mol. The van der Waals surface area contributed by atoms with Gasteiger partial charge in [0, 0.05) is 10.9 Å². The fourth-order valence-electron chi connectivity index (χ4n) is 4.30. The number of carboxylic acids is 2. The van der Waals surface area contributed by atoms with Gasteiger partial charge in [-0.15, -0.1) is 0 Å². The van der Waals surface area contributed by atoms with Crippen LogP contribution in [0.2, 0.25) is 0 Å². The molecule has 0 aliphatic heterocycles. The number of fused-ring (bicyclic) bond motifs is 1. The van der Waals surface area contributed by atoms with Crippen molar-refractivity contribution in [1.29, 1.82) is 0 Å². The summed E-state index contributed by atoms with van der Waals surface area (Å²) in [6, 6.07) is 15.0. The van der Waals surface area contributed by atoms with E-state index in [0.717, 1.165) is 11.6 Å². The van der Waals surface area contributed by atoms with Crippen molar-refractivity contribution in [3.8, 4) is 16.9 Å². The van der Waals surface area contributed by atoms with Crippen LogP contribution in [0, 0.1) is 6.92 Å². The van der Waals surface area contributed by atoms with E-state index in [4.69, 9.17) is 4.74 Å². The maximum atomic E-state index is 13.2. The van der Waals surface area contributed by atoms with E-state index in [2.05, 4.69) is 4.98 Å². The van der Waals surface area contributed by atoms with Gasteiger partial charge in [-0.05, 0) is 60.7 Å². The van der Waals surface area contributed by atoms with Crippen LogP contribution in [0.5, 0.6) is 5.75 Å². The van der Waals surface area contributed by atoms with E-state index >= 15 is 0 Å². The number of aromatic amines is 1. The van der Waals surface area contributed by atoms with Crippen LogP contribution in [0.15, 0.2) is 60.7 Å². The molecule has 9 heteroatoms. The van der Waals surface area contributed by atoms with Crippen LogP contribution < -0.4 is 4.74 Å². The second-order valence-corrected chi connectivity index (χ2v) is 8.29. The first-order valence-corrected chi connectivity index (χ1v) is 11.1. The van der Waals surface area contributed by atoms with Crippen molar-refractivity contribution in [3.63, 3.8) is 0 Å². The van der Waals surface area contributed by atoms with Crippen molar-refractivity contribution in [2.24, 2.45) is 0 Å². The highest BCUT2D eigenvalue weighted by atomic mass is 19.4. The van der Waals surface area contributed by atoms with Crippen LogP contribution in [0.1, 0.15) is 44.0 Å². The van der Waals surface area contributed by atoms with Crippen LogP contribution in [-0.4, -0.2) is 33.7 Å². The second kappa shape index (κ2) is 9.77. The van der Waals surface area contributed by atoms with Gasteiger partial charge in [0.25, 0.3) is 0 Å². The number of aromatic nitrogens is 1. The summed E-state index contributed by atoms with van der Waals surface area (Å²) >= 11 is 0. The van der Waals surface area contributed by atoms with Crippen LogP contribution in [-0.2, 0) is 12.6 Å². The van der Waals surface area contributed by atoms with Crippen molar-refractivity contribution in [1.82, 2.24) is 4.98 Å². The summed E-state index contributed by atoms with van der Waals surface area (Å²) < 4.78 is 44.9. The van der Waals surface area contributed by atoms with Gasteiger partial charge in [0.15, 0.2) is 0 Å². The topological polar surface area (TPSA) is 99.6 Å². The fourth-order valence-corrected chi connectivity index (χ4v) is 4.30. The molecule has 0 bridgehead atoms. The monoisotopic (exact) mass is 497 g/mol. The van der Waals surface area contributed by atoms with Crippen molar-refractivity contribution in [2.45, 2.75) is 25.9 Å². The Morgan fingerprint density at radius 3 is 2.36 bits per heavy atom. The lowest BCUT2D eigenvalue weighted by atomic mass is 9.95. The number of nitrogens with one attached hydrogen (secondary N) is 1. The van der Waals surface area contributed by atoms with Crippen LogP contribution in [0.3, 0.4) is 0 Å². The van der Waals surface area contributed by atoms with Crippen molar-refractivity contribution >= 4 is 22.8 Å². The summed E-state index contributed by atoms with van der Waals surface area (Å²) in [5, 5.41) is 19.7. The number of halogens is 3. The number of para-hydroxylation sites is 2. The van der Waals surface area contributed by atoms with Gasteiger partial charge in [0.2, 0.25) is 0 Å². The van der Waals surface area contributed by atoms with Gasteiger partial charge >= 0.3 is 18.1 Å². The lowest BCUT2D eigenvalue weighted by Gasteiger charge is -2.13. The molecule has 0 amide bonds. The Bertz CT molecular complexity index is 1460. The van der Waals surface area contributed by atoms with Crippen molar-refractivity contribution < 1.29 is 37.7 Å². The Hall–Kier alpha value is -4.27. The molecule has 0 fully saturated rings. The average molecular weight is 497 g/mol. The van der Waals surface area contributed by atoms with Crippen LogP contribution in [0.25, 0.3) is 22.0 Å². The zero-order chi connectivity index (χ0) is 26.0. The lowest BCUT2D eigenvalue weighted by molar-refractivity contribution is -0.139. The number of alkyl halides is 3. The smallest absolute Gasteiger partial charge is 0.419 e. The van der Waals surface area contributed by atoms with Gasteiger partial charge in [0.05, 0.1) is 23.3 Å². The predicted octanol–water partition coefficient (Wildman–Crippen LogP) is 6.57. The van der Waals surface area contributed by atoms with Gasteiger partial charge in [-0.2, -0.15) is 13.2 Å². The molecule has 3 aromatic carbocycles. The first-order valence-electron chi connectivity index (χ1n) is 11.1. The molecule has 0 radical (unpaired) electrons. The number of hydrogen-bond donors (Lipinski definition) is 3. The quantitative estimate of drug-likeness (QED) is 0.239. The summed E-state index contributed by atoms with van der Waals surface area (Å²) in [4.78, 5) is 26.2.